The summed E-state index contributed by atoms with van der Waals surface area (Å²) in [7, 11) is 0. The quantitative estimate of drug-likeness (QED) is 0.798. The molecule has 2 aliphatic rings. The maximum Gasteiger partial charge on any atom is 0.324 e. The van der Waals surface area contributed by atoms with Crippen molar-refractivity contribution in [2.75, 3.05) is 19.6 Å². The second-order valence-corrected chi connectivity index (χ2v) is 6.47. The molecule has 2 heterocycles. The van der Waals surface area contributed by atoms with Crippen LogP contribution in [0, 0.1) is 0 Å². The molecular weight excluding hydrogens is 330 g/mol. The standard InChI is InChI=1S/C16H17N3O4S/c20-15-13-2-1-8-17-14(13)10-19(15)16(21)18-9-7-11-3-5-12(6-4-11)24(22)23/h2-6H,1,7-10H2,(H,18,21)(H,22,23). The van der Waals surface area contributed by atoms with Crippen molar-refractivity contribution in [3.05, 3.63) is 41.5 Å². The smallest absolute Gasteiger partial charge is 0.324 e. The summed E-state index contributed by atoms with van der Waals surface area (Å²) in [5.74, 6) is -0.291. The highest BCUT2D eigenvalue weighted by atomic mass is 32.2. The van der Waals surface area contributed by atoms with Gasteiger partial charge in [0.25, 0.3) is 5.91 Å². The molecule has 0 aromatic heterocycles. The van der Waals surface area contributed by atoms with Crippen molar-refractivity contribution in [3.8, 4) is 0 Å². The van der Waals surface area contributed by atoms with Gasteiger partial charge in [0.1, 0.15) is 0 Å². The number of fused-ring (bicyclic) bond motifs is 1. The fourth-order valence-corrected chi connectivity index (χ4v) is 3.04. The number of amides is 3. The normalized spacial score (nSPS) is 17.9. The zero-order valence-corrected chi connectivity index (χ0v) is 13.7. The second-order valence-electron chi connectivity index (χ2n) is 5.50. The number of carbonyl (C=O) groups is 2. The summed E-state index contributed by atoms with van der Waals surface area (Å²) < 4.78 is 19.9. The van der Waals surface area contributed by atoms with Gasteiger partial charge in [-0.1, -0.05) is 18.2 Å². The zero-order valence-electron chi connectivity index (χ0n) is 12.9. The first kappa shape index (κ1) is 16.5. The molecule has 3 amide bonds. The largest absolute Gasteiger partial charge is 0.337 e. The molecule has 0 radical (unpaired) electrons. The fourth-order valence-electron chi connectivity index (χ4n) is 2.67. The van der Waals surface area contributed by atoms with Crippen molar-refractivity contribution in [3.63, 3.8) is 0 Å². The molecule has 2 N–H and O–H groups in total. The van der Waals surface area contributed by atoms with Crippen LogP contribution in [0.3, 0.4) is 0 Å². The van der Waals surface area contributed by atoms with Gasteiger partial charge in [-0.2, -0.15) is 0 Å². The van der Waals surface area contributed by atoms with Gasteiger partial charge in [-0.15, -0.1) is 0 Å². The van der Waals surface area contributed by atoms with Crippen LogP contribution in [0.1, 0.15) is 12.0 Å². The molecule has 8 heteroatoms. The molecule has 1 fully saturated rings. The Bertz CT molecular complexity index is 755. The van der Waals surface area contributed by atoms with Gasteiger partial charge in [0.05, 0.1) is 22.7 Å². The van der Waals surface area contributed by atoms with E-state index in [0.29, 0.717) is 35.7 Å². The van der Waals surface area contributed by atoms with E-state index in [1.165, 1.54) is 4.90 Å². The SMILES string of the molecule is O=C(NCCc1ccc(S(=O)O)cc1)N1CC2=NCCC=C2C1=O. The monoisotopic (exact) mass is 347 g/mol. The van der Waals surface area contributed by atoms with E-state index in [1.54, 1.807) is 24.3 Å². The van der Waals surface area contributed by atoms with Gasteiger partial charge in [0.2, 0.25) is 0 Å². The van der Waals surface area contributed by atoms with Crippen molar-refractivity contribution >= 4 is 28.7 Å². The summed E-state index contributed by atoms with van der Waals surface area (Å²) in [4.78, 5) is 30.1. The van der Waals surface area contributed by atoms with Gasteiger partial charge < -0.3 is 9.87 Å². The maximum absolute atomic E-state index is 12.2. The molecule has 2 aliphatic heterocycles. The van der Waals surface area contributed by atoms with Crippen LogP contribution in [-0.2, 0) is 22.3 Å². The van der Waals surface area contributed by atoms with E-state index in [1.807, 2.05) is 6.08 Å². The Morgan fingerprint density at radius 2 is 2.08 bits per heavy atom. The molecule has 1 aromatic rings. The number of hydrogen-bond donors (Lipinski definition) is 2. The molecule has 0 spiro atoms. The first-order valence-corrected chi connectivity index (χ1v) is 8.70. The first-order valence-electron chi connectivity index (χ1n) is 7.59. The molecule has 0 bridgehead atoms. The average molecular weight is 347 g/mol. The van der Waals surface area contributed by atoms with Gasteiger partial charge in [-0.25, -0.2) is 9.00 Å². The van der Waals surface area contributed by atoms with Crippen LogP contribution in [0.4, 0.5) is 4.79 Å². The Balaban J connectivity index is 1.53. The summed E-state index contributed by atoms with van der Waals surface area (Å²) in [6.07, 6.45) is 3.13. The third-order valence-corrected chi connectivity index (χ3v) is 4.61. The number of aliphatic imine (C=N–C) groups is 1. The molecular formula is C16H17N3O4S. The lowest BCUT2D eigenvalue weighted by Crippen LogP contribution is -2.41. The van der Waals surface area contributed by atoms with E-state index in [4.69, 9.17) is 4.55 Å². The predicted molar refractivity (Wildman–Crippen MR) is 89.3 cm³/mol. The Hall–Kier alpha value is -2.32. The van der Waals surface area contributed by atoms with E-state index in [9.17, 15) is 13.8 Å². The van der Waals surface area contributed by atoms with Crippen LogP contribution in [-0.4, -0.2) is 50.9 Å². The average Bonchev–Trinajstić information content (AvgIpc) is 2.93. The number of urea groups is 1. The predicted octanol–water partition coefficient (Wildman–Crippen LogP) is 1.13. The molecule has 24 heavy (non-hydrogen) atoms. The van der Waals surface area contributed by atoms with E-state index in [-0.39, 0.29) is 12.5 Å². The van der Waals surface area contributed by atoms with E-state index >= 15 is 0 Å². The third-order valence-electron chi connectivity index (χ3n) is 3.93. The topological polar surface area (TPSA) is 99.1 Å². The number of imide groups is 1. The van der Waals surface area contributed by atoms with E-state index in [0.717, 1.165) is 12.0 Å². The minimum Gasteiger partial charge on any atom is -0.337 e. The molecule has 0 aliphatic carbocycles. The maximum atomic E-state index is 12.2. The number of benzene rings is 1. The van der Waals surface area contributed by atoms with E-state index < -0.39 is 17.1 Å². The molecule has 1 unspecified atom stereocenters. The summed E-state index contributed by atoms with van der Waals surface area (Å²) in [6.45, 7) is 1.26. The Kier molecular flexibility index (Phi) is 4.86. The van der Waals surface area contributed by atoms with Crippen LogP contribution >= 0.6 is 0 Å². The zero-order chi connectivity index (χ0) is 17.1. The van der Waals surface area contributed by atoms with Crippen LogP contribution in [0.5, 0.6) is 0 Å². The number of hydrogen-bond acceptors (Lipinski definition) is 4. The number of likely N-dealkylation sites (tertiary alicyclic amines) is 1. The number of dihydropyridines is 1. The van der Waals surface area contributed by atoms with Gasteiger partial charge in [0.15, 0.2) is 11.1 Å². The Morgan fingerprint density at radius 3 is 2.75 bits per heavy atom. The second kappa shape index (κ2) is 7.06. The number of nitrogens with zero attached hydrogens (tertiary/aromatic N) is 2. The fraction of sp³-hybridized carbons (Fsp3) is 0.312. The van der Waals surface area contributed by atoms with Crippen LogP contribution in [0.15, 0.2) is 45.8 Å². The van der Waals surface area contributed by atoms with Crippen LogP contribution in [0.2, 0.25) is 0 Å². The molecule has 0 saturated carbocycles. The Labute approximate surface area is 141 Å². The third kappa shape index (κ3) is 3.44. The molecule has 3 rings (SSSR count). The van der Waals surface area contributed by atoms with Crippen molar-refractivity contribution in [1.82, 2.24) is 10.2 Å². The van der Waals surface area contributed by atoms with Crippen LogP contribution < -0.4 is 5.32 Å². The van der Waals surface area contributed by atoms with Gasteiger partial charge >= 0.3 is 6.03 Å². The first-order chi connectivity index (χ1) is 11.6. The molecule has 1 aromatic carbocycles. The van der Waals surface area contributed by atoms with Gasteiger partial charge in [-0.05, 0) is 30.5 Å². The van der Waals surface area contributed by atoms with Crippen molar-refractivity contribution in [2.45, 2.75) is 17.7 Å². The number of rotatable bonds is 4. The molecule has 1 saturated heterocycles. The van der Waals surface area contributed by atoms with Gasteiger partial charge in [0, 0.05) is 13.1 Å². The highest BCUT2D eigenvalue weighted by Gasteiger charge is 2.36. The molecule has 126 valence electrons. The van der Waals surface area contributed by atoms with Crippen LogP contribution in [0.25, 0.3) is 0 Å². The minimum atomic E-state index is -1.99. The Morgan fingerprint density at radius 1 is 1.33 bits per heavy atom. The van der Waals surface area contributed by atoms with Crippen molar-refractivity contribution in [1.29, 1.82) is 0 Å². The lowest BCUT2D eigenvalue weighted by molar-refractivity contribution is -0.122. The number of carbonyl (C=O) groups excluding carboxylic acids is 2. The van der Waals surface area contributed by atoms with Crippen molar-refractivity contribution < 1.29 is 18.4 Å². The van der Waals surface area contributed by atoms with Gasteiger partial charge in [-0.3, -0.25) is 14.7 Å². The summed E-state index contributed by atoms with van der Waals surface area (Å²) in [5, 5.41) is 2.73. The summed E-state index contributed by atoms with van der Waals surface area (Å²) >= 11 is -1.99. The molecule has 1 atom stereocenters. The summed E-state index contributed by atoms with van der Waals surface area (Å²) in [6, 6.07) is 6.21. The van der Waals surface area contributed by atoms with E-state index in [2.05, 4.69) is 10.3 Å². The highest BCUT2D eigenvalue weighted by Crippen LogP contribution is 2.19. The summed E-state index contributed by atoms with van der Waals surface area (Å²) in [5.41, 5.74) is 2.16. The lowest BCUT2D eigenvalue weighted by atomic mass is 10.1. The highest BCUT2D eigenvalue weighted by molar-refractivity contribution is 7.79. The molecule has 7 nitrogen and oxygen atoms in total. The lowest BCUT2D eigenvalue weighted by Gasteiger charge is -2.14. The van der Waals surface area contributed by atoms with Crippen molar-refractivity contribution in [2.24, 2.45) is 4.99 Å². The minimum absolute atomic E-state index is 0.230. The number of nitrogens with one attached hydrogen (secondary N) is 1.